The quantitative estimate of drug-likeness (QED) is 0.444. The van der Waals surface area contributed by atoms with E-state index in [9.17, 15) is 4.79 Å². The summed E-state index contributed by atoms with van der Waals surface area (Å²) in [6.07, 6.45) is 7.04. The highest BCUT2D eigenvalue weighted by atomic mass is 16.2. The van der Waals surface area contributed by atoms with Crippen LogP contribution in [0, 0.1) is 0 Å². The van der Waals surface area contributed by atoms with Crippen LogP contribution in [0.1, 0.15) is 35.1 Å². The van der Waals surface area contributed by atoms with Crippen molar-refractivity contribution < 1.29 is 4.79 Å². The Labute approximate surface area is 202 Å². The van der Waals surface area contributed by atoms with Crippen molar-refractivity contribution >= 4 is 11.9 Å². The van der Waals surface area contributed by atoms with Gasteiger partial charge in [0, 0.05) is 42.7 Å². The van der Waals surface area contributed by atoms with Crippen LogP contribution in [0.5, 0.6) is 0 Å². The smallest absolute Gasteiger partial charge is 0.244 e. The number of fused-ring (bicyclic) bond motifs is 2. The average molecular weight is 470 g/mol. The zero-order valence-corrected chi connectivity index (χ0v) is 19.6. The Morgan fingerprint density at radius 2 is 1.86 bits per heavy atom. The number of carbonyl (C=O) groups is 1. The predicted molar refractivity (Wildman–Crippen MR) is 129 cm³/mol. The van der Waals surface area contributed by atoms with Gasteiger partial charge in [-0.1, -0.05) is 31.2 Å². The number of rotatable bonds is 6. The Balaban J connectivity index is 1.12. The van der Waals surface area contributed by atoms with E-state index in [2.05, 4.69) is 61.9 Å². The Morgan fingerprint density at radius 3 is 2.60 bits per heavy atom. The van der Waals surface area contributed by atoms with Gasteiger partial charge in [0.15, 0.2) is 0 Å². The molecule has 0 atom stereocenters. The molecule has 35 heavy (non-hydrogen) atoms. The van der Waals surface area contributed by atoms with E-state index in [-0.39, 0.29) is 12.5 Å². The minimum Gasteiger partial charge on any atom is -0.351 e. The van der Waals surface area contributed by atoms with Crippen molar-refractivity contribution in [1.29, 1.82) is 0 Å². The van der Waals surface area contributed by atoms with Gasteiger partial charge < -0.3 is 10.2 Å². The number of aromatic amines is 1. The first-order chi connectivity index (χ1) is 17.2. The Morgan fingerprint density at radius 1 is 1.11 bits per heavy atom. The lowest BCUT2D eigenvalue weighted by Crippen LogP contribution is -2.38. The first kappa shape index (κ1) is 21.5. The van der Waals surface area contributed by atoms with Crippen molar-refractivity contribution in [2.75, 3.05) is 11.9 Å². The molecule has 1 aromatic carbocycles. The number of aromatic nitrogens is 7. The van der Waals surface area contributed by atoms with E-state index in [1.165, 1.54) is 11.1 Å². The summed E-state index contributed by atoms with van der Waals surface area (Å²) < 4.78 is 1.79. The summed E-state index contributed by atoms with van der Waals surface area (Å²) in [6.45, 7) is 3.38. The van der Waals surface area contributed by atoms with Crippen molar-refractivity contribution in [3.63, 3.8) is 0 Å². The Bertz CT molecular complexity index is 1330. The lowest BCUT2D eigenvalue weighted by molar-refractivity contribution is -0.133. The highest BCUT2D eigenvalue weighted by molar-refractivity contribution is 5.76. The van der Waals surface area contributed by atoms with Crippen LogP contribution >= 0.6 is 0 Å². The standard InChI is InChI=1S/C25H27N9O/c1-2-20-11-22(31-34(20)15-24(35)33-8-7-21-23(14-33)30-32-29-21)18-12-26-25(27-13-18)28-19-9-16-5-3-4-6-17(16)10-19/h3-6,11-13,19H,2,7-10,14-15H2,1H3,(H,26,27,28)(H,29,30,32). The van der Waals surface area contributed by atoms with Crippen LogP contribution in [0.4, 0.5) is 5.95 Å². The van der Waals surface area contributed by atoms with Crippen molar-refractivity contribution in [2.45, 2.75) is 51.7 Å². The van der Waals surface area contributed by atoms with Gasteiger partial charge in [-0.3, -0.25) is 9.48 Å². The molecule has 4 aromatic rings. The molecule has 0 fully saturated rings. The maximum absolute atomic E-state index is 13.0. The van der Waals surface area contributed by atoms with E-state index in [0.29, 0.717) is 31.5 Å². The minimum atomic E-state index is 0.0244. The number of nitrogens with zero attached hydrogens (tertiary/aromatic N) is 7. The highest BCUT2D eigenvalue weighted by Crippen LogP contribution is 2.24. The zero-order valence-electron chi connectivity index (χ0n) is 19.6. The summed E-state index contributed by atoms with van der Waals surface area (Å²) in [6, 6.07) is 10.9. The van der Waals surface area contributed by atoms with Crippen LogP contribution in [0.3, 0.4) is 0 Å². The molecule has 2 aliphatic rings. The van der Waals surface area contributed by atoms with Crippen LogP contribution in [0.15, 0.2) is 42.7 Å². The third-order valence-corrected chi connectivity index (χ3v) is 6.86. The maximum Gasteiger partial charge on any atom is 0.244 e. The molecule has 1 aliphatic carbocycles. The van der Waals surface area contributed by atoms with Gasteiger partial charge in [0.2, 0.25) is 11.9 Å². The first-order valence-electron chi connectivity index (χ1n) is 12.0. The molecule has 1 aliphatic heterocycles. The van der Waals surface area contributed by atoms with E-state index in [0.717, 1.165) is 47.6 Å². The molecule has 1 amide bonds. The number of nitrogens with one attached hydrogen (secondary N) is 2. The van der Waals surface area contributed by atoms with E-state index in [1.54, 1.807) is 17.1 Å². The fraction of sp³-hybridized carbons (Fsp3) is 0.360. The molecule has 10 nitrogen and oxygen atoms in total. The van der Waals surface area contributed by atoms with Crippen LogP contribution in [-0.4, -0.2) is 58.6 Å². The predicted octanol–water partition coefficient (Wildman–Crippen LogP) is 2.18. The molecule has 4 heterocycles. The second kappa shape index (κ2) is 8.94. The molecule has 0 unspecified atom stereocenters. The Hall–Kier alpha value is -4.08. The highest BCUT2D eigenvalue weighted by Gasteiger charge is 2.25. The van der Waals surface area contributed by atoms with Crippen molar-refractivity contribution in [3.05, 3.63) is 70.9 Å². The summed E-state index contributed by atoms with van der Waals surface area (Å²) in [5.74, 6) is 0.644. The third-order valence-electron chi connectivity index (χ3n) is 6.86. The number of hydrogen-bond acceptors (Lipinski definition) is 7. The van der Waals surface area contributed by atoms with Crippen LogP contribution in [0.25, 0.3) is 11.3 Å². The summed E-state index contributed by atoms with van der Waals surface area (Å²) in [5.41, 5.74) is 7.16. The molecule has 0 bridgehead atoms. The number of carbonyl (C=O) groups excluding carboxylic acids is 1. The van der Waals surface area contributed by atoms with Gasteiger partial charge in [0.25, 0.3) is 0 Å². The lowest BCUT2D eigenvalue weighted by atomic mass is 10.1. The van der Waals surface area contributed by atoms with Gasteiger partial charge in [-0.15, -0.1) is 0 Å². The fourth-order valence-electron chi connectivity index (χ4n) is 4.94. The molecular formula is C25H27N9O. The minimum absolute atomic E-state index is 0.0244. The summed E-state index contributed by atoms with van der Waals surface area (Å²) in [4.78, 5) is 23.9. The average Bonchev–Trinajstić information content (AvgIpc) is 3.61. The van der Waals surface area contributed by atoms with Crippen LogP contribution in [0.2, 0.25) is 0 Å². The van der Waals surface area contributed by atoms with Gasteiger partial charge in [0.05, 0.1) is 17.9 Å². The number of hydrogen-bond donors (Lipinski definition) is 2. The fourth-order valence-corrected chi connectivity index (χ4v) is 4.94. The van der Waals surface area contributed by atoms with Gasteiger partial charge in [-0.25, -0.2) is 9.97 Å². The largest absolute Gasteiger partial charge is 0.351 e. The normalized spacial score (nSPS) is 15.2. The molecular weight excluding hydrogens is 442 g/mol. The maximum atomic E-state index is 13.0. The molecule has 0 spiro atoms. The van der Waals surface area contributed by atoms with Gasteiger partial charge in [0.1, 0.15) is 12.2 Å². The number of amides is 1. The number of aryl methyl sites for hydroxylation is 1. The van der Waals surface area contributed by atoms with E-state index in [4.69, 9.17) is 5.10 Å². The van der Waals surface area contributed by atoms with Gasteiger partial charge >= 0.3 is 0 Å². The monoisotopic (exact) mass is 469 g/mol. The topological polar surface area (TPSA) is 118 Å². The summed E-state index contributed by atoms with van der Waals surface area (Å²) in [5, 5.41) is 19.1. The molecule has 178 valence electrons. The van der Waals surface area contributed by atoms with Gasteiger partial charge in [-0.05, 0) is 36.5 Å². The summed E-state index contributed by atoms with van der Waals surface area (Å²) in [7, 11) is 0. The number of benzene rings is 1. The molecule has 0 saturated carbocycles. The first-order valence-corrected chi connectivity index (χ1v) is 12.0. The van der Waals surface area contributed by atoms with Crippen molar-refractivity contribution in [1.82, 2.24) is 40.1 Å². The summed E-state index contributed by atoms with van der Waals surface area (Å²) >= 11 is 0. The van der Waals surface area contributed by atoms with E-state index in [1.807, 2.05) is 11.0 Å². The molecule has 3 aromatic heterocycles. The molecule has 0 saturated heterocycles. The number of anilines is 1. The van der Waals surface area contributed by atoms with Crippen LogP contribution < -0.4 is 5.32 Å². The van der Waals surface area contributed by atoms with E-state index >= 15 is 0 Å². The SMILES string of the molecule is CCc1cc(-c2cnc(NC3Cc4ccccc4C3)nc2)nn1CC(=O)N1CCc2n[nH]nc2C1. The molecule has 2 N–H and O–H groups in total. The second-order valence-corrected chi connectivity index (χ2v) is 9.13. The lowest BCUT2D eigenvalue weighted by Gasteiger charge is -2.25. The van der Waals surface area contributed by atoms with Crippen molar-refractivity contribution in [2.24, 2.45) is 0 Å². The van der Waals surface area contributed by atoms with Crippen molar-refractivity contribution in [3.8, 4) is 11.3 Å². The van der Waals surface area contributed by atoms with E-state index < -0.39 is 0 Å². The molecule has 0 radical (unpaired) electrons. The molecule has 6 rings (SSSR count). The number of H-pyrrole nitrogens is 1. The Kier molecular flexibility index (Phi) is 5.48. The zero-order chi connectivity index (χ0) is 23.8. The van der Waals surface area contributed by atoms with Crippen LogP contribution in [-0.2, 0) is 43.6 Å². The van der Waals surface area contributed by atoms with Gasteiger partial charge in [-0.2, -0.15) is 20.5 Å². The third kappa shape index (κ3) is 4.27. The second-order valence-electron chi connectivity index (χ2n) is 9.13. The molecule has 10 heteroatoms.